The molecular formula is C10H8NO3S. The standard InChI is InChI=1S/C10H8NO3S/c11-9-5-7-3-1-2-4-8(7)6-10(9)15(12,13)14/h1-4,6H,11H2,(H,12,13,14). The Balaban J connectivity index is 2.84. The molecule has 0 fully saturated rings. The van der Waals surface area contributed by atoms with Crippen LogP contribution in [0.25, 0.3) is 10.8 Å². The second-order valence-corrected chi connectivity index (χ2v) is 4.50. The van der Waals surface area contributed by atoms with Crippen molar-refractivity contribution >= 4 is 26.6 Å². The number of hydrogen-bond acceptors (Lipinski definition) is 3. The first-order chi connectivity index (χ1) is 6.98. The highest BCUT2D eigenvalue weighted by molar-refractivity contribution is 7.86. The summed E-state index contributed by atoms with van der Waals surface area (Å²) in [6.45, 7) is 0. The highest BCUT2D eigenvalue weighted by atomic mass is 32.2. The Morgan fingerprint density at radius 3 is 2.60 bits per heavy atom. The second kappa shape index (κ2) is 3.22. The van der Waals surface area contributed by atoms with Crippen molar-refractivity contribution in [2.24, 2.45) is 0 Å². The van der Waals surface area contributed by atoms with Gasteiger partial charge in [-0.1, -0.05) is 24.3 Å². The topological polar surface area (TPSA) is 80.4 Å². The minimum atomic E-state index is -4.28. The van der Waals surface area contributed by atoms with Gasteiger partial charge in [0.05, 0.1) is 5.69 Å². The molecule has 0 aliphatic carbocycles. The number of fused-ring (bicyclic) bond motifs is 1. The highest BCUT2D eigenvalue weighted by Crippen LogP contribution is 2.24. The van der Waals surface area contributed by atoms with Crippen LogP contribution < -0.4 is 5.73 Å². The molecule has 0 bridgehead atoms. The van der Waals surface area contributed by atoms with Crippen molar-refractivity contribution in [3.05, 3.63) is 36.4 Å². The fourth-order valence-electron chi connectivity index (χ4n) is 1.38. The number of nitrogens with two attached hydrogens (primary N) is 1. The summed E-state index contributed by atoms with van der Waals surface area (Å²) in [6, 6.07) is 11.1. The third-order valence-electron chi connectivity index (χ3n) is 2.06. The molecule has 2 rings (SSSR count). The van der Waals surface area contributed by atoms with Crippen LogP contribution in [-0.4, -0.2) is 13.0 Å². The molecule has 2 aromatic rings. The lowest BCUT2D eigenvalue weighted by Gasteiger charge is -2.04. The van der Waals surface area contributed by atoms with Gasteiger partial charge in [-0.2, -0.15) is 8.42 Å². The number of rotatable bonds is 1. The molecule has 77 valence electrons. The predicted molar refractivity (Wildman–Crippen MR) is 57.0 cm³/mol. The maximum absolute atomic E-state index is 11.0. The molecule has 1 radical (unpaired) electrons. The van der Waals surface area contributed by atoms with Crippen LogP contribution >= 0.6 is 0 Å². The van der Waals surface area contributed by atoms with Crippen molar-refractivity contribution in [2.75, 3.05) is 5.73 Å². The SMILES string of the molecule is Nc1[c]c2ccccc2cc1S(=O)(=O)O. The van der Waals surface area contributed by atoms with E-state index in [1.165, 1.54) is 6.07 Å². The van der Waals surface area contributed by atoms with Gasteiger partial charge in [0.2, 0.25) is 0 Å². The molecule has 0 aliphatic heterocycles. The van der Waals surface area contributed by atoms with Crippen LogP contribution in [0.4, 0.5) is 5.69 Å². The summed E-state index contributed by atoms with van der Waals surface area (Å²) in [6.07, 6.45) is 0. The number of nitrogen functional groups attached to an aromatic ring is 1. The fourth-order valence-corrected chi connectivity index (χ4v) is 1.98. The van der Waals surface area contributed by atoms with Crippen LogP contribution in [0.15, 0.2) is 35.2 Å². The molecule has 0 saturated heterocycles. The molecule has 3 N–H and O–H groups in total. The molecule has 0 heterocycles. The summed E-state index contributed by atoms with van der Waals surface area (Å²) < 4.78 is 30.8. The van der Waals surface area contributed by atoms with Gasteiger partial charge in [-0.25, -0.2) is 0 Å². The van der Waals surface area contributed by atoms with Gasteiger partial charge in [0, 0.05) is 6.07 Å². The van der Waals surface area contributed by atoms with Crippen LogP contribution in [0.1, 0.15) is 0 Å². The molecular weight excluding hydrogens is 214 g/mol. The zero-order valence-electron chi connectivity index (χ0n) is 7.64. The molecule has 2 aromatic carbocycles. The highest BCUT2D eigenvalue weighted by Gasteiger charge is 2.14. The van der Waals surface area contributed by atoms with Crippen molar-refractivity contribution in [3.63, 3.8) is 0 Å². The Hall–Kier alpha value is -1.59. The van der Waals surface area contributed by atoms with E-state index in [9.17, 15) is 8.42 Å². The van der Waals surface area contributed by atoms with Crippen molar-refractivity contribution in [1.82, 2.24) is 0 Å². The van der Waals surface area contributed by atoms with Gasteiger partial charge in [-0.05, 0) is 16.8 Å². The Morgan fingerprint density at radius 1 is 1.27 bits per heavy atom. The van der Waals surface area contributed by atoms with Crippen LogP contribution in [0.5, 0.6) is 0 Å². The summed E-state index contributed by atoms with van der Waals surface area (Å²) in [5.41, 5.74) is 5.41. The summed E-state index contributed by atoms with van der Waals surface area (Å²) in [4.78, 5) is -0.304. The van der Waals surface area contributed by atoms with E-state index in [2.05, 4.69) is 6.07 Å². The van der Waals surface area contributed by atoms with Gasteiger partial charge < -0.3 is 5.73 Å². The number of benzene rings is 2. The van der Waals surface area contributed by atoms with Gasteiger partial charge in [-0.15, -0.1) is 0 Å². The maximum atomic E-state index is 11.0. The number of anilines is 1. The minimum Gasteiger partial charge on any atom is -0.397 e. The fraction of sp³-hybridized carbons (Fsp3) is 0. The van der Waals surface area contributed by atoms with E-state index < -0.39 is 10.1 Å². The van der Waals surface area contributed by atoms with Gasteiger partial charge in [0.1, 0.15) is 4.90 Å². The van der Waals surface area contributed by atoms with E-state index in [4.69, 9.17) is 10.3 Å². The normalized spacial score (nSPS) is 11.8. The molecule has 0 spiro atoms. The Labute approximate surface area is 87.1 Å². The average molecular weight is 222 g/mol. The van der Waals surface area contributed by atoms with E-state index in [-0.39, 0.29) is 10.6 Å². The molecule has 15 heavy (non-hydrogen) atoms. The van der Waals surface area contributed by atoms with E-state index in [1.807, 2.05) is 0 Å². The molecule has 0 amide bonds. The van der Waals surface area contributed by atoms with Crippen molar-refractivity contribution < 1.29 is 13.0 Å². The summed E-state index contributed by atoms with van der Waals surface area (Å²) in [5.74, 6) is 0. The van der Waals surface area contributed by atoms with Crippen molar-refractivity contribution in [3.8, 4) is 0 Å². The van der Waals surface area contributed by atoms with Crippen LogP contribution in [-0.2, 0) is 10.1 Å². The Kier molecular flexibility index (Phi) is 2.13. The maximum Gasteiger partial charge on any atom is 0.296 e. The lowest BCUT2D eigenvalue weighted by atomic mass is 10.1. The predicted octanol–water partition coefficient (Wildman–Crippen LogP) is 1.47. The van der Waals surface area contributed by atoms with E-state index >= 15 is 0 Å². The summed E-state index contributed by atoms with van der Waals surface area (Å²) >= 11 is 0. The first-order valence-electron chi connectivity index (χ1n) is 4.16. The molecule has 0 aromatic heterocycles. The average Bonchev–Trinajstić information content (AvgIpc) is 2.15. The smallest absolute Gasteiger partial charge is 0.296 e. The third kappa shape index (κ3) is 1.79. The van der Waals surface area contributed by atoms with Crippen LogP contribution in [0, 0.1) is 6.07 Å². The summed E-state index contributed by atoms with van der Waals surface area (Å²) in [5, 5.41) is 1.38. The zero-order valence-corrected chi connectivity index (χ0v) is 8.45. The van der Waals surface area contributed by atoms with Gasteiger partial charge in [0.25, 0.3) is 10.1 Å². The first-order valence-corrected chi connectivity index (χ1v) is 5.60. The quantitative estimate of drug-likeness (QED) is 0.565. The van der Waals surface area contributed by atoms with Gasteiger partial charge in [0.15, 0.2) is 0 Å². The molecule has 5 heteroatoms. The van der Waals surface area contributed by atoms with Gasteiger partial charge >= 0.3 is 0 Å². The minimum absolute atomic E-state index is 0.0730. The largest absolute Gasteiger partial charge is 0.397 e. The van der Waals surface area contributed by atoms with Crippen molar-refractivity contribution in [2.45, 2.75) is 4.90 Å². The van der Waals surface area contributed by atoms with Gasteiger partial charge in [-0.3, -0.25) is 4.55 Å². The summed E-state index contributed by atoms with van der Waals surface area (Å²) in [7, 11) is -4.28. The van der Waals surface area contributed by atoms with Crippen molar-refractivity contribution in [1.29, 1.82) is 0 Å². The third-order valence-corrected chi connectivity index (χ3v) is 2.95. The molecule has 0 atom stereocenters. The second-order valence-electron chi connectivity index (χ2n) is 3.11. The van der Waals surface area contributed by atoms with Crippen LogP contribution in [0.2, 0.25) is 0 Å². The molecule has 0 aliphatic rings. The molecule has 0 saturated carbocycles. The van der Waals surface area contributed by atoms with E-state index in [1.54, 1.807) is 24.3 Å². The zero-order chi connectivity index (χ0) is 11.1. The van der Waals surface area contributed by atoms with E-state index in [0.29, 0.717) is 10.8 Å². The Bertz CT molecular complexity index is 620. The molecule has 0 unspecified atom stereocenters. The Morgan fingerprint density at radius 2 is 1.93 bits per heavy atom. The lowest BCUT2D eigenvalue weighted by Crippen LogP contribution is -2.03. The van der Waals surface area contributed by atoms with E-state index in [0.717, 1.165) is 0 Å². The lowest BCUT2D eigenvalue weighted by molar-refractivity contribution is 0.484. The molecule has 4 nitrogen and oxygen atoms in total. The van der Waals surface area contributed by atoms with Crippen LogP contribution in [0.3, 0.4) is 0 Å². The number of hydrogen-bond donors (Lipinski definition) is 2. The monoisotopic (exact) mass is 222 g/mol. The first kappa shape index (κ1) is 9.95.